The second-order valence-corrected chi connectivity index (χ2v) is 6.21. The molecule has 1 saturated carbocycles. The van der Waals surface area contributed by atoms with E-state index < -0.39 is 0 Å². The van der Waals surface area contributed by atoms with Gasteiger partial charge in [0.2, 0.25) is 0 Å². The first-order valence-electron chi connectivity index (χ1n) is 7.62. The van der Waals surface area contributed by atoms with Gasteiger partial charge in [0.25, 0.3) is 0 Å². The molecule has 112 valence electrons. The van der Waals surface area contributed by atoms with Crippen molar-refractivity contribution in [1.29, 1.82) is 0 Å². The van der Waals surface area contributed by atoms with Gasteiger partial charge in [-0.3, -0.25) is 0 Å². The predicted molar refractivity (Wildman–Crippen MR) is 84.3 cm³/mol. The number of hydrogen-bond acceptors (Lipinski definition) is 3. The Labute approximate surface area is 123 Å². The highest BCUT2D eigenvalue weighted by molar-refractivity contribution is 5.31. The molecule has 20 heavy (non-hydrogen) atoms. The van der Waals surface area contributed by atoms with Crippen LogP contribution >= 0.6 is 0 Å². The van der Waals surface area contributed by atoms with Gasteiger partial charge >= 0.3 is 0 Å². The Kier molecular flexibility index (Phi) is 4.71. The lowest BCUT2D eigenvalue weighted by Crippen LogP contribution is -2.50. The molecule has 0 saturated heterocycles. The third-order valence-corrected chi connectivity index (χ3v) is 4.69. The second-order valence-electron chi connectivity index (χ2n) is 6.21. The Hall–Kier alpha value is -1.06. The fourth-order valence-corrected chi connectivity index (χ4v) is 2.73. The van der Waals surface area contributed by atoms with Crippen LogP contribution in [-0.4, -0.2) is 37.7 Å². The zero-order valence-corrected chi connectivity index (χ0v) is 13.4. The summed E-state index contributed by atoms with van der Waals surface area (Å²) in [5, 5.41) is 3.48. The van der Waals surface area contributed by atoms with Gasteiger partial charge in [-0.15, -0.1) is 0 Å². The topological polar surface area (TPSA) is 24.5 Å². The summed E-state index contributed by atoms with van der Waals surface area (Å²) in [7, 11) is 6.34. The van der Waals surface area contributed by atoms with Gasteiger partial charge in [0.1, 0.15) is 5.75 Å². The molecule has 0 spiro atoms. The van der Waals surface area contributed by atoms with E-state index in [2.05, 4.69) is 62.4 Å². The maximum Gasteiger partial charge on any atom is 0.119 e. The first kappa shape index (κ1) is 15.3. The fourth-order valence-electron chi connectivity index (χ4n) is 2.73. The van der Waals surface area contributed by atoms with E-state index in [-0.39, 0.29) is 5.54 Å². The summed E-state index contributed by atoms with van der Waals surface area (Å²) in [4.78, 5) is 2.31. The van der Waals surface area contributed by atoms with Crippen LogP contribution in [-0.2, 0) is 0 Å². The van der Waals surface area contributed by atoms with Crippen LogP contribution in [0.4, 0.5) is 0 Å². The molecule has 2 atom stereocenters. The highest BCUT2D eigenvalue weighted by atomic mass is 16.5. The predicted octanol–water partition coefficient (Wildman–Crippen LogP) is 3.22. The van der Waals surface area contributed by atoms with E-state index in [1.54, 1.807) is 0 Å². The van der Waals surface area contributed by atoms with E-state index in [4.69, 9.17) is 4.74 Å². The molecule has 0 aliphatic heterocycles. The summed E-state index contributed by atoms with van der Waals surface area (Å²) < 4.78 is 5.82. The molecule has 1 aromatic rings. The normalized spacial score (nSPS) is 19.7. The molecule has 1 aromatic carbocycles. The van der Waals surface area contributed by atoms with Crippen LogP contribution < -0.4 is 10.1 Å². The molecule has 1 aliphatic carbocycles. The van der Waals surface area contributed by atoms with Gasteiger partial charge < -0.3 is 15.0 Å². The summed E-state index contributed by atoms with van der Waals surface area (Å²) in [6.07, 6.45) is 3.96. The standard InChI is InChI=1S/C17H28N2O/c1-6-17(2,19(4)5)16(18-3)13-7-9-14(10-8-13)20-15-11-12-15/h7-10,15-16,18H,6,11-12H2,1-5H3. The Morgan fingerprint density at radius 1 is 1.30 bits per heavy atom. The Morgan fingerprint density at radius 2 is 1.90 bits per heavy atom. The minimum Gasteiger partial charge on any atom is -0.490 e. The van der Waals surface area contributed by atoms with Gasteiger partial charge in [-0.2, -0.15) is 0 Å². The highest BCUT2D eigenvalue weighted by Crippen LogP contribution is 2.34. The van der Waals surface area contributed by atoms with Crippen LogP contribution in [0, 0.1) is 0 Å². The lowest BCUT2D eigenvalue weighted by Gasteiger charge is -2.43. The molecule has 0 radical (unpaired) electrons. The lowest BCUT2D eigenvalue weighted by molar-refractivity contribution is 0.117. The molecule has 1 N–H and O–H groups in total. The summed E-state index contributed by atoms with van der Waals surface area (Å²) >= 11 is 0. The van der Waals surface area contributed by atoms with Crippen molar-refractivity contribution >= 4 is 0 Å². The van der Waals surface area contributed by atoms with Crippen LogP contribution in [0.1, 0.15) is 44.7 Å². The van der Waals surface area contributed by atoms with Crippen molar-refractivity contribution < 1.29 is 4.74 Å². The number of nitrogens with zero attached hydrogens (tertiary/aromatic N) is 1. The third kappa shape index (κ3) is 3.15. The minimum atomic E-state index is 0.0909. The van der Waals surface area contributed by atoms with Crippen LogP contribution in [0.3, 0.4) is 0 Å². The maximum absolute atomic E-state index is 5.82. The van der Waals surface area contributed by atoms with Crippen molar-refractivity contribution in [2.24, 2.45) is 0 Å². The molecule has 0 bridgehead atoms. The quantitative estimate of drug-likeness (QED) is 0.827. The summed E-state index contributed by atoms with van der Waals surface area (Å²) in [5.74, 6) is 0.995. The third-order valence-electron chi connectivity index (χ3n) is 4.69. The van der Waals surface area contributed by atoms with Gasteiger partial charge in [0.05, 0.1) is 12.1 Å². The molecule has 0 aromatic heterocycles. The molecule has 2 rings (SSSR count). The number of ether oxygens (including phenoxy) is 1. The lowest BCUT2D eigenvalue weighted by atomic mass is 9.83. The number of nitrogens with one attached hydrogen (secondary N) is 1. The smallest absolute Gasteiger partial charge is 0.119 e. The SMILES string of the molecule is CCC(C)(C(NC)c1ccc(OC2CC2)cc1)N(C)C. The molecule has 1 fully saturated rings. The van der Waals surface area contributed by atoms with Crippen molar-refractivity contribution in [1.82, 2.24) is 10.2 Å². The van der Waals surface area contributed by atoms with Gasteiger partial charge in [-0.1, -0.05) is 19.1 Å². The average molecular weight is 276 g/mol. The van der Waals surface area contributed by atoms with E-state index in [9.17, 15) is 0 Å². The van der Waals surface area contributed by atoms with Crippen molar-refractivity contribution in [3.8, 4) is 5.75 Å². The monoisotopic (exact) mass is 276 g/mol. The van der Waals surface area contributed by atoms with Crippen molar-refractivity contribution in [2.75, 3.05) is 21.1 Å². The molecule has 0 heterocycles. The first-order chi connectivity index (χ1) is 9.51. The maximum atomic E-state index is 5.82. The largest absolute Gasteiger partial charge is 0.490 e. The van der Waals surface area contributed by atoms with E-state index in [1.165, 1.54) is 18.4 Å². The molecule has 3 heteroatoms. The Morgan fingerprint density at radius 3 is 2.30 bits per heavy atom. The number of benzene rings is 1. The average Bonchev–Trinajstić information content (AvgIpc) is 3.25. The minimum absolute atomic E-state index is 0.0909. The van der Waals surface area contributed by atoms with Crippen LogP contribution in [0.25, 0.3) is 0 Å². The number of hydrogen-bond donors (Lipinski definition) is 1. The summed E-state index contributed by atoms with van der Waals surface area (Å²) in [5.41, 5.74) is 1.40. The van der Waals surface area contributed by atoms with Gasteiger partial charge in [0, 0.05) is 5.54 Å². The highest BCUT2D eigenvalue weighted by Gasteiger charge is 2.34. The summed E-state index contributed by atoms with van der Waals surface area (Å²) in [6, 6.07) is 8.89. The summed E-state index contributed by atoms with van der Waals surface area (Å²) in [6.45, 7) is 4.55. The first-order valence-corrected chi connectivity index (χ1v) is 7.62. The fraction of sp³-hybridized carbons (Fsp3) is 0.647. The Balaban J connectivity index is 2.17. The van der Waals surface area contributed by atoms with Crippen molar-refractivity contribution in [3.05, 3.63) is 29.8 Å². The molecular formula is C17H28N2O. The zero-order chi connectivity index (χ0) is 14.8. The molecule has 0 amide bonds. The van der Waals surface area contributed by atoms with Crippen LogP contribution in [0.5, 0.6) is 5.75 Å². The zero-order valence-electron chi connectivity index (χ0n) is 13.4. The van der Waals surface area contributed by atoms with Gasteiger partial charge in [-0.25, -0.2) is 0 Å². The molecule has 1 aliphatic rings. The van der Waals surface area contributed by atoms with Crippen molar-refractivity contribution in [2.45, 2.75) is 50.8 Å². The second kappa shape index (κ2) is 6.15. The van der Waals surface area contributed by atoms with Crippen molar-refractivity contribution in [3.63, 3.8) is 0 Å². The molecule has 3 nitrogen and oxygen atoms in total. The Bertz CT molecular complexity index is 425. The van der Waals surface area contributed by atoms with Gasteiger partial charge in [-0.05, 0) is 65.0 Å². The van der Waals surface area contributed by atoms with Crippen LogP contribution in [0.15, 0.2) is 24.3 Å². The molecular weight excluding hydrogens is 248 g/mol. The van der Waals surface area contributed by atoms with E-state index >= 15 is 0 Å². The van der Waals surface area contributed by atoms with Crippen LogP contribution in [0.2, 0.25) is 0 Å². The number of likely N-dealkylation sites (N-methyl/N-ethyl adjacent to an activating group) is 2. The van der Waals surface area contributed by atoms with E-state index in [1.807, 2.05) is 7.05 Å². The molecule has 2 unspecified atom stereocenters. The van der Waals surface area contributed by atoms with E-state index in [0.29, 0.717) is 12.1 Å². The number of rotatable bonds is 7. The van der Waals surface area contributed by atoms with Gasteiger partial charge in [0.15, 0.2) is 0 Å². The van der Waals surface area contributed by atoms with E-state index in [0.717, 1.165) is 12.2 Å².